The number of nitrogens with zero attached hydrogens (tertiary/aromatic N) is 1. The standard InChI is InChI=1S/C12H13N/c1-3-4-5-8-11(2)12-9-6-7-10-13-12/h3-10H,2H2,1H3/b4-3-,8-5-. The summed E-state index contributed by atoms with van der Waals surface area (Å²) in [5, 5.41) is 0. The second kappa shape index (κ2) is 5.09. The first kappa shape index (κ1) is 9.46. The van der Waals surface area contributed by atoms with Crippen molar-refractivity contribution in [3.05, 3.63) is 61.0 Å². The normalized spacial score (nSPS) is 11.2. The van der Waals surface area contributed by atoms with E-state index in [1.807, 2.05) is 49.4 Å². The highest BCUT2D eigenvalue weighted by Crippen LogP contribution is 2.09. The molecule has 0 aliphatic heterocycles. The van der Waals surface area contributed by atoms with E-state index in [0.29, 0.717) is 0 Å². The topological polar surface area (TPSA) is 12.9 Å². The molecule has 0 N–H and O–H groups in total. The molecule has 0 fully saturated rings. The summed E-state index contributed by atoms with van der Waals surface area (Å²) in [6.07, 6.45) is 9.61. The molecular formula is C12H13N. The molecule has 1 nitrogen and oxygen atoms in total. The largest absolute Gasteiger partial charge is 0.256 e. The van der Waals surface area contributed by atoms with Crippen LogP contribution in [0.5, 0.6) is 0 Å². The zero-order valence-corrected chi connectivity index (χ0v) is 7.77. The Labute approximate surface area is 79.1 Å². The Morgan fingerprint density at radius 2 is 2.23 bits per heavy atom. The van der Waals surface area contributed by atoms with Crippen molar-refractivity contribution in [1.82, 2.24) is 4.98 Å². The molecule has 0 spiro atoms. The van der Waals surface area contributed by atoms with Crippen LogP contribution in [-0.4, -0.2) is 4.98 Å². The van der Waals surface area contributed by atoms with E-state index in [-0.39, 0.29) is 0 Å². The van der Waals surface area contributed by atoms with Gasteiger partial charge in [-0.1, -0.05) is 36.9 Å². The lowest BCUT2D eigenvalue weighted by Gasteiger charge is -1.96. The molecule has 0 saturated heterocycles. The van der Waals surface area contributed by atoms with E-state index in [2.05, 4.69) is 11.6 Å². The highest BCUT2D eigenvalue weighted by Gasteiger charge is 1.92. The molecular weight excluding hydrogens is 158 g/mol. The third-order valence-corrected chi connectivity index (χ3v) is 1.59. The Bertz CT molecular complexity index is 320. The first-order chi connectivity index (χ1) is 6.34. The molecule has 0 aromatic carbocycles. The third-order valence-electron chi connectivity index (χ3n) is 1.59. The van der Waals surface area contributed by atoms with E-state index in [0.717, 1.165) is 11.3 Å². The number of hydrogen-bond acceptors (Lipinski definition) is 1. The fraction of sp³-hybridized carbons (Fsp3) is 0.0833. The van der Waals surface area contributed by atoms with Gasteiger partial charge >= 0.3 is 0 Å². The summed E-state index contributed by atoms with van der Waals surface area (Å²) >= 11 is 0. The maximum absolute atomic E-state index is 4.18. The lowest BCUT2D eigenvalue weighted by molar-refractivity contribution is 1.28. The summed E-state index contributed by atoms with van der Waals surface area (Å²) in [6.45, 7) is 5.89. The highest BCUT2D eigenvalue weighted by molar-refractivity contribution is 5.69. The van der Waals surface area contributed by atoms with Gasteiger partial charge in [-0.2, -0.15) is 0 Å². The average molecular weight is 171 g/mol. The van der Waals surface area contributed by atoms with Crippen molar-refractivity contribution in [3.63, 3.8) is 0 Å². The van der Waals surface area contributed by atoms with Crippen LogP contribution in [-0.2, 0) is 0 Å². The maximum Gasteiger partial charge on any atom is 0.0695 e. The monoisotopic (exact) mass is 171 g/mol. The predicted octanol–water partition coefficient (Wildman–Crippen LogP) is 3.23. The lowest BCUT2D eigenvalue weighted by atomic mass is 10.2. The molecule has 0 radical (unpaired) electrons. The molecule has 13 heavy (non-hydrogen) atoms. The molecule has 1 heterocycles. The second-order valence-corrected chi connectivity index (χ2v) is 2.63. The summed E-state index contributed by atoms with van der Waals surface area (Å²) in [6, 6.07) is 5.80. The zero-order valence-electron chi connectivity index (χ0n) is 7.77. The Kier molecular flexibility index (Phi) is 3.71. The number of allylic oxidation sites excluding steroid dienone is 5. The van der Waals surface area contributed by atoms with Crippen molar-refractivity contribution in [2.24, 2.45) is 0 Å². The van der Waals surface area contributed by atoms with Crippen LogP contribution in [0.4, 0.5) is 0 Å². The van der Waals surface area contributed by atoms with Crippen molar-refractivity contribution in [1.29, 1.82) is 0 Å². The average Bonchev–Trinajstić information content (AvgIpc) is 2.19. The van der Waals surface area contributed by atoms with Crippen LogP contribution in [0.1, 0.15) is 12.6 Å². The molecule has 0 saturated carbocycles. The van der Waals surface area contributed by atoms with Gasteiger partial charge in [0, 0.05) is 6.20 Å². The first-order valence-electron chi connectivity index (χ1n) is 4.24. The first-order valence-corrected chi connectivity index (χ1v) is 4.24. The molecule has 0 unspecified atom stereocenters. The van der Waals surface area contributed by atoms with Crippen LogP contribution in [0.15, 0.2) is 55.3 Å². The number of aromatic nitrogens is 1. The molecule has 1 rings (SSSR count). The van der Waals surface area contributed by atoms with E-state index in [1.54, 1.807) is 6.20 Å². The van der Waals surface area contributed by atoms with Crippen molar-refractivity contribution in [2.75, 3.05) is 0 Å². The summed E-state index contributed by atoms with van der Waals surface area (Å²) in [7, 11) is 0. The van der Waals surface area contributed by atoms with Crippen molar-refractivity contribution < 1.29 is 0 Å². The Hall–Kier alpha value is -1.63. The second-order valence-electron chi connectivity index (χ2n) is 2.63. The SMILES string of the molecule is C=C(/C=C\C=C/C)c1ccccn1. The van der Waals surface area contributed by atoms with E-state index in [1.165, 1.54) is 0 Å². The smallest absolute Gasteiger partial charge is 0.0695 e. The zero-order chi connectivity index (χ0) is 9.52. The quantitative estimate of drug-likeness (QED) is 0.636. The lowest BCUT2D eigenvalue weighted by Crippen LogP contribution is -1.82. The van der Waals surface area contributed by atoms with Crippen LogP contribution >= 0.6 is 0 Å². The van der Waals surface area contributed by atoms with E-state index in [9.17, 15) is 0 Å². The molecule has 1 heteroatoms. The van der Waals surface area contributed by atoms with Gasteiger partial charge < -0.3 is 0 Å². The van der Waals surface area contributed by atoms with Crippen LogP contribution < -0.4 is 0 Å². The van der Waals surface area contributed by atoms with E-state index in [4.69, 9.17) is 0 Å². The summed E-state index contributed by atoms with van der Waals surface area (Å²) in [5.41, 5.74) is 1.85. The maximum atomic E-state index is 4.18. The minimum Gasteiger partial charge on any atom is -0.256 e. The van der Waals surface area contributed by atoms with Crippen LogP contribution in [0.3, 0.4) is 0 Å². The number of pyridine rings is 1. The van der Waals surface area contributed by atoms with Crippen molar-refractivity contribution in [3.8, 4) is 0 Å². The van der Waals surface area contributed by atoms with Crippen molar-refractivity contribution >= 4 is 5.57 Å². The van der Waals surface area contributed by atoms with Gasteiger partial charge in [0.15, 0.2) is 0 Å². The Balaban J connectivity index is 2.70. The van der Waals surface area contributed by atoms with Gasteiger partial charge in [-0.25, -0.2) is 0 Å². The molecule has 0 atom stereocenters. The molecule has 1 aromatic rings. The van der Waals surface area contributed by atoms with Gasteiger partial charge in [0.05, 0.1) is 5.69 Å². The third kappa shape index (κ3) is 3.08. The van der Waals surface area contributed by atoms with Gasteiger partial charge in [-0.05, 0) is 24.6 Å². The van der Waals surface area contributed by atoms with E-state index < -0.39 is 0 Å². The molecule has 1 aromatic heterocycles. The summed E-state index contributed by atoms with van der Waals surface area (Å²) < 4.78 is 0. The van der Waals surface area contributed by atoms with Gasteiger partial charge in [-0.15, -0.1) is 0 Å². The van der Waals surface area contributed by atoms with Gasteiger partial charge in [0.2, 0.25) is 0 Å². The predicted molar refractivity (Wildman–Crippen MR) is 57.2 cm³/mol. The van der Waals surface area contributed by atoms with Gasteiger partial charge in [-0.3, -0.25) is 4.98 Å². The molecule has 66 valence electrons. The number of rotatable bonds is 3. The fourth-order valence-corrected chi connectivity index (χ4v) is 0.921. The minimum atomic E-state index is 0.920. The molecule has 0 aliphatic carbocycles. The van der Waals surface area contributed by atoms with E-state index >= 15 is 0 Å². The van der Waals surface area contributed by atoms with Crippen LogP contribution in [0.2, 0.25) is 0 Å². The molecule has 0 bridgehead atoms. The minimum absolute atomic E-state index is 0.920. The van der Waals surface area contributed by atoms with Crippen molar-refractivity contribution in [2.45, 2.75) is 6.92 Å². The van der Waals surface area contributed by atoms with Crippen LogP contribution in [0, 0.1) is 0 Å². The highest BCUT2D eigenvalue weighted by atomic mass is 14.7. The fourth-order valence-electron chi connectivity index (χ4n) is 0.921. The summed E-state index contributed by atoms with van der Waals surface area (Å²) in [4.78, 5) is 4.18. The van der Waals surface area contributed by atoms with Crippen LogP contribution in [0.25, 0.3) is 5.57 Å². The number of hydrogen-bond donors (Lipinski definition) is 0. The Morgan fingerprint density at radius 1 is 1.38 bits per heavy atom. The van der Waals surface area contributed by atoms with Gasteiger partial charge in [0.25, 0.3) is 0 Å². The molecule has 0 aliphatic rings. The molecule has 0 amide bonds. The Morgan fingerprint density at radius 3 is 2.85 bits per heavy atom. The summed E-state index contributed by atoms with van der Waals surface area (Å²) in [5.74, 6) is 0. The van der Waals surface area contributed by atoms with Gasteiger partial charge in [0.1, 0.15) is 0 Å².